The van der Waals surface area contributed by atoms with Gasteiger partial charge in [-0.25, -0.2) is 4.68 Å². The Labute approximate surface area is 179 Å². The molecule has 0 bridgehead atoms. The van der Waals surface area contributed by atoms with E-state index in [1.165, 1.54) is 0 Å². The van der Waals surface area contributed by atoms with Crippen molar-refractivity contribution in [3.63, 3.8) is 0 Å². The molecule has 4 rings (SSSR count). The van der Waals surface area contributed by atoms with Crippen LogP contribution in [0.3, 0.4) is 0 Å². The second kappa shape index (κ2) is 9.29. The molecule has 0 atom stereocenters. The van der Waals surface area contributed by atoms with Gasteiger partial charge in [0.15, 0.2) is 6.61 Å². The molecular formula is C24H20ClN3O2. The number of para-hydroxylation sites is 2. The van der Waals surface area contributed by atoms with Gasteiger partial charge in [-0.1, -0.05) is 72.3 Å². The number of benzene rings is 3. The Bertz CT molecular complexity index is 1130. The Balaban J connectivity index is 1.49. The Morgan fingerprint density at radius 1 is 0.933 bits per heavy atom. The zero-order chi connectivity index (χ0) is 20.8. The largest absolute Gasteiger partial charge is 0.482 e. The van der Waals surface area contributed by atoms with Gasteiger partial charge in [0, 0.05) is 23.9 Å². The number of hydrogen-bond acceptors (Lipinski definition) is 3. The predicted octanol–water partition coefficient (Wildman–Crippen LogP) is 4.89. The van der Waals surface area contributed by atoms with E-state index in [0.29, 0.717) is 17.3 Å². The number of carbonyl (C=O) groups excluding carboxylic acids is 1. The number of aromatic nitrogens is 2. The van der Waals surface area contributed by atoms with Crippen molar-refractivity contribution in [2.45, 2.75) is 6.54 Å². The molecule has 0 saturated carbocycles. The maximum atomic E-state index is 12.3. The second-order valence-corrected chi connectivity index (χ2v) is 7.05. The fraction of sp³-hybridized carbons (Fsp3) is 0.0833. The number of nitrogens with zero attached hydrogens (tertiary/aromatic N) is 2. The maximum Gasteiger partial charge on any atom is 0.258 e. The van der Waals surface area contributed by atoms with Gasteiger partial charge in [-0.2, -0.15) is 5.10 Å². The van der Waals surface area contributed by atoms with E-state index >= 15 is 0 Å². The van der Waals surface area contributed by atoms with Crippen LogP contribution < -0.4 is 10.1 Å². The molecule has 5 nitrogen and oxygen atoms in total. The van der Waals surface area contributed by atoms with Crippen LogP contribution >= 0.6 is 11.6 Å². The van der Waals surface area contributed by atoms with Gasteiger partial charge in [0.25, 0.3) is 5.91 Å². The number of ether oxygens (including phenoxy) is 1. The number of carbonyl (C=O) groups is 1. The third kappa shape index (κ3) is 4.70. The second-order valence-electron chi connectivity index (χ2n) is 6.64. The molecule has 1 heterocycles. The van der Waals surface area contributed by atoms with Crippen LogP contribution in [0, 0.1) is 0 Å². The van der Waals surface area contributed by atoms with Gasteiger partial charge < -0.3 is 10.1 Å². The molecule has 4 aromatic rings. The van der Waals surface area contributed by atoms with E-state index in [1.54, 1.807) is 12.1 Å². The molecule has 1 aromatic heterocycles. The molecule has 0 unspecified atom stereocenters. The summed E-state index contributed by atoms with van der Waals surface area (Å²) in [6.45, 7) is 0.221. The molecule has 0 aliphatic carbocycles. The highest BCUT2D eigenvalue weighted by Crippen LogP contribution is 2.24. The highest BCUT2D eigenvalue weighted by atomic mass is 35.5. The van der Waals surface area contributed by atoms with E-state index in [2.05, 4.69) is 5.32 Å². The monoisotopic (exact) mass is 417 g/mol. The van der Waals surface area contributed by atoms with Crippen LogP contribution in [0.4, 0.5) is 0 Å². The van der Waals surface area contributed by atoms with Gasteiger partial charge in [-0.05, 0) is 24.3 Å². The van der Waals surface area contributed by atoms with Crippen LogP contribution in [0.5, 0.6) is 5.75 Å². The van der Waals surface area contributed by atoms with Crippen LogP contribution in [-0.4, -0.2) is 22.3 Å². The average Bonchev–Trinajstić information content (AvgIpc) is 3.23. The summed E-state index contributed by atoms with van der Waals surface area (Å²) in [6.07, 6.45) is 1.94. The van der Waals surface area contributed by atoms with Crippen molar-refractivity contribution in [2.75, 3.05) is 6.61 Å². The highest BCUT2D eigenvalue weighted by molar-refractivity contribution is 6.32. The Hall–Kier alpha value is -3.57. The molecule has 0 spiro atoms. The SMILES string of the molecule is O=C(COc1ccccc1Cl)NCc1cn(-c2ccccc2)nc1-c1ccccc1. The summed E-state index contributed by atoms with van der Waals surface area (Å²) < 4.78 is 7.34. The summed E-state index contributed by atoms with van der Waals surface area (Å²) in [7, 11) is 0. The minimum absolute atomic E-state index is 0.114. The van der Waals surface area contributed by atoms with Crippen LogP contribution in [0.1, 0.15) is 5.56 Å². The average molecular weight is 418 g/mol. The molecule has 150 valence electrons. The minimum Gasteiger partial charge on any atom is -0.482 e. The van der Waals surface area contributed by atoms with Crippen molar-refractivity contribution in [3.8, 4) is 22.7 Å². The number of rotatable bonds is 7. The molecule has 0 fully saturated rings. The van der Waals surface area contributed by atoms with Gasteiger partial charge in [0.05, 0.1) is 16.4 Å². The van der Waals surface area contributed by atoms with E-state index in [1.807, 2.05) is 83.7 Å². The number of nitrogens with one attached hydrogen (secondary N) is 1. The van der Waals surface area contributed by atoms with Crippen molar-refractivity contribution in [3.05, 3.63) is 102 Å². The third-order valence-electron chi connectivity index (χ3n) is 4.53. The summed E-state index contributed by atoms with van der Waals surface area (Å²) in [5.74, 6) is 0.248. The number of amides is 1. The van der Waals surface area contributed by atoms with E-state index < -0.39 is 0 Å². The fourth-order valence-corrected chi connectivity index (χ4v) is 3.23. The number of hydrogen-bond donors (Lipinski definition) is 1. The summed E-state index contributed by atoms with van der Waals surface area (Å²) in [5, 5.41) is 8.13. The van der Waals surface area contributed by atoms with Gasteiger partial charge in [0.2, 0.25) is 0 Å². The topological polar surface area (TPSA) is 56.1 Å². The van der Waals surface area contributed by atoms with E-state index in [9.17, 15) is 4.79 Å². The van der Waals surface area contributed by atoms with E-state index in [0.717, 1.165) is 22.5 Å². The number of halogens is 1. The summed E-state index contributed by atoms with van der Waals surface area (Å²) in [6, 6.07) is 26.8. The van der Waals surface area contributed by atoms with E-state index in [-0.39, 0.29) is 12.5 Å². The van der Waals surface area contributed by atoms with Crippen LogP contribution in [-0.2, 0) is 11.3 Å². The lowest BCUT2D eigenvalue weighted by molar-refractivity contribution is -0.123. The molecule has 0 radical (unpaired) electrons. The third-order valence-corrected chi connectivity index (χ3v) is 4.84. The Kier molecular flexibility index (Phi) is 6.11. The first kappa shape index (κ1) is 19.7. The van der Waals surface area contributed by atoms with Gasteiger partial charge in [0.1, 0.15) is 5.75 Å². The fourth-order valence-electron chi connectivity index (χ4n) is 3.04. The molecule has 0 saturated heterocycles. The smallest absolute Gasteiger partial charge is 0.258 e. The minimum atomic E-state index is -0.235. The first-order chi connectivity index (χ1) is 14.7. The highest BCUT2D eigenvalue weighted by Gasteiger charge is 2.13. The Morgan fingerprint density at radius 2 is 1.60 bits per heavy atom. The van der Waals surface area contributed by atoms with Gasteiger partial charge in [-0.15, -0.1) is 0 Å². The summed E-state index contributed by atoms with van der Waals surface area (Å²) in [5.41, 5.74) is 3.68. The maximum absolute atomic E-state index is 12.3. The lowest BCUT2D eigenvalue weighted by Gasteiger charge is -2.08. The molecule has 1 N–H and O–H groups in total. The van der Waals surface area contributed by atoms with Gasteiger partial charge >= 0.3 is 0 Å². The zero-order valence-corrected chi connectivity index (χ0v) is 16.9. The lowest BCUT2D eigenvalue weighted by Crippen LogP contribution is -2.28. The van der Waals surface area contributed by atoms with Crippen molar-refractivity contribution in [1.82, 2.24) is 15.1 Å². The van der Waals surface area contributed by atoms with E-state index in [4.69, 9.17) is 21.4 Å². The standard InChI is InChI=1S/C24H20ClN3O2/c25-21-13-7-8-14-22(21)30-17-23(29)26-15-19-16-28(20-11-5-2-6-12-20)27-24(19)18-9-3-1-4-10-18/h1-14,16H,15,17H2,(H,26,29). The predicted molar refractivity (Wildman–Crippen MR) is 118 cm³/mol. The van der Waals surface area contributed by atoms with Crippen molar-refractivity contribution in [1.29, 1.82) is 0 Å². The molecule has 0 aliphatic heterocycles. The lowest BCUT2D eigenvalue weighted by atomic mass is 10.1. The summed E-state index contributed by atoms with van der Waals surface area (Å²) >= 11 is 6.06. The van der Waals surface area contributed by atoms with Crippen molar-refractivity contribution < 1.29 is 9.53 Å². The molecule has 0 aliphatic rings. The normalized spacial score (nSPS) is 10.6. The van der Waals surface area contributed by atoms with Crippen LogP contribution in [0.15, 0.2) is 91.1 Å². The molecule has 1 amide bonds. The first-order valence-corrected chi connectivity index (χ1v) is 9.92. The Morgan fingerprint density at radius 3 is 2.33 bits per heavy atom. The van der Waals surface area contributed by atoms with Crippen LogP contribution in [0.25, 0.3) is 16.9 Å². The van der Waals surface area contributed by atoms with Crippen LogP contribution in [0.2, 0.25) is 5.02 Å². The molecular weight excluding hydrogens is 398 g/mol. The molecule has 30 heavy (non-hydrogen) atoms. The zero-order valence-electron chi connectivity index (χ0n) is 16.2. The first-order valence-electron chi connectivity index (χ1n) is 9.54. The quantitative estimate of drug-likeness (QED) is 0.466. The summed E-state index contributed by atoms with van der Waals surface area (Å²) in [4.78, 5) is 12.3. The van der Waals surface area contributed by atoms with Gasteiger partial charge in [-0.3, -0.25) is 4.79 Å². The molecule has 3 aromatic carbocycles. The molecule has 6 heteroatoms. The van der Waals surface area contributed by atoms with Crippen molar-refractivity contribution >= 4 is 17.5 Å². The van der Waals surface area contributed by atoms with Crippen molar-refractivity contribution in [2.24, 2.45) is 0 Å².